The van der Waals surface area contributed by atoms with Crippen molar-refractivity contribution < 1.29 is 9.47 Å². The van der Waals surface area contributed by atoms with E-state index in [2.05, 4.69) is 34.0 Å². The van der Waals surface area contributed by atoms with Crippen LogP contribution in [0.1, 0.15) is 44.6 Å². The van der Waals surface area contributed by atoms with Crippen LogP contribution >= 0.6 is 35.3 Å². The van der Waals surface area contributed by atoms with E-state index >= 15 is 0 Å². The van der Waals surface area contributed by atoms with Crippen LogP contribution in [0.3, 0.4) is 0 Å². The molecule has 1 N–H and O–H groups in total. The minimum absolute atomic E-state index is 0. The van der Waals surface area contributed by atoms with E-state index in [1.54, 1.807) is 11.3 Å². The van der Waals surface area contributed by atoms with Gasteiger partial charge in [0.2, 0.25) is 0 Å². The Morgan fingerprint density at radius 2 is 2.19 bits per heavy atom. The summed E-state index contributed by atoms with van der Waals surface area (Å²) in [5.41, 5.74) is 1.28. The molecule has 0 aliphatic carbocycles. The second-order valence-corrected chi connectivity index (χ2v) is 7.59. The Hall–Kier alpha value is -0.380. The number of halogens is 1. The molecule has 0 amide bonds. The van der Waals surface area contributed by atoms with Crippen LogP contribution in [0, 0.1) is 0 Å². The lowest BCUT2D eigenvalue weighted by molar-refractivity contribution is -0.0721. The molecule has 0 bridgehead atoms. The third kappa shape index (κ3) is 6.98. The maximum atomic E-state index is 6.12. The van der Waals surface area contributed by atoms with Crippen LogP contribution in [0.2, 0.25) is 0 Å². The molecule has 148 valence electrons. The van der Waals surface area contributed by atoms with E-state index in [1.807, 2.05) is 0 Å². The number of nitrogens with zero attached hydrogens (tertiary/aromatic N) is 2. The fourth-order valence-corrected chi connectivity index (χ4v) is 4.05. The summed E-state index contributed by atoms with van der Waals surface area (Å²) in [5.74, 6) is 1.03. The average Bonchev–Trinajstić information content (AvgIpc) is 3.18. The first-order valence-corrected chi connectivity index (χ1v) is 10.6. The highest BCUT2D eigenvalue weighted by Crippen LogP contribution is 2.18. The third-order valence-electron chi connectivity index (χ3n) is 4.86. The highest BCUT2D eigenvalue weighted by atomic mass is 127. The number of piperidine rings is 1. The van der Waals surface area contributed by atoms with Gasteiger partial charge in [0.25, 0.3) is 0 Å². The molecule has 2 fully saturated rings. The topological polar surface area (TPSA) is 46.1 Å². The molecule has 5 nitrogen and oxygen atoms in total. The SMILES string of the molecule is CCNC(=NCc1ccsc1)N1CCC(OCC2CCCCO2)CC1.I. The van der Waals surface area contributed by atoms with Crippen LogP contribution in [0.5, 0.6) is 0 Å². The zero-order valence-electron chi connectivity index (χ0n) is 15.7. The van der Waals surface area contributed by atoms with E-state index in [4.69, 9.17) is 14.5 Å². The predicted octanol–water partition coefficient (Wildman–Crippen LogP) is 3.88. The summed E-state index contributed by atoms with van der Waals surface area (Å²) < 4.78 is 11.9. The number of aliphatic imine (C=N–C) groups is 1. The van der Waals surface area contributed by atoms with Crippen molar-refractivity contribution in [3.63, 3.8) is 0 Å². The number of hydrogen-bond donors (Lipinski definition) is 1. The first-order chi connectivity index (χ1) is 12.3. The lowest BCUT2D eigenvalue weighted by Gasteiger charge is -2.35. The van der Waals surface area contributed by atoms with E-state index in [9.17, 15) is 0 Å². The number of hydrogen-bond acceptors (Lipinski definition) is 4. The van der Waals surface area contributed by atoms with Crippen LogP contribution in [0.15, 0.2) is 21.8 Å². The molecule has 1 aromatic heterocycles. The molecular weight excluding hydrogens is 461 g/mol. The average molecular weight is 493 g/mol. The number of thiophene rings is 1. The summed E-state index contributed by atoms with van der Waals surface area (Å²) >= 11 is 1.73. The highest BCUT2D eigenvalue weighted by molar-refractivity contribution is 14.0. The van der Waals surface area contributed by atoms with Gasteiger partial charge < -0.3 is 19.7 Å². The largest absolute Gasteiger partial charge is 0.376 e. The summed E-state index contributed by atoms with van der Waals surface area (Å²) in [4.78, 5) is 7.17. The summed E-state index contributed by atoms with van der Waals surface area (Å²) in [7, 11) is 0. The normalized spacial score (nSPS) is 22.1. The predicted molar refractivity (Wildman–Crippen MR) is 119 cm³/mol. The molecule has 2 aliphatic rings. The van der Waals surface area contributed by atoms with Crippen LogP contribution in [0.4, 0.5) is 0 Å². The molecule has 26 heavy (non-hydrogen) atoms. The molecule has 0 radical (unpaired) electrons. The van der Waals surface area contributed by atoms with E-state index in [1.165, 1.54) is 18.4 Å². The Balaban J connectivity index is 0.00000243. The number of rotatable bonds is 6. The van der Waals surface area contributed by atoms with Crippen LogP contribution in [-0.4, -0.2) is 55.9 Å². The van der Waals surface area contributed by atoms with Crippen LogP contribution < -0.4 is 5.32 Å². The zero-order chi connectivity index (χ0) is 17.3. The number of nitrogens with one attached hydrogen (secondary N) is 1. The van der Waals surface area contributed by atoms with Gasteiger partial charge in [0.05, 0.1) is 25.4 Å². The second kappa shape index (κ2) is 12.2. The van der Waals surface area contributed by atoms with Crippen molar-refractivity contribution in [1.29, 1.82) is 0 Å². The maximum absolute atomic E-state index is 6.12. The van der Waals surface area contributed by atoms with Crippen molar-refractivity contribution in [2.24, 2.45) is 4.99 Å². The van der Waals surface area contributed by atoms with Gasteiger partial charge in [-0.2, -0.15) is 11.3 Å². The van der Waals surface area contributed by atoms with Crippen molar-refractivity contribution in [3.05, 3.63) is 22.4 Å². The minimum atomic E-state index is 0. The van der Waals surface area contributed by atoms with Gasteiger partial charge in [-0.15, -0.1) is 24.0 Å². The fourth-order valence-electron chi connectivity index (χ4n) is 3.39. The molecule has 3 rings (SSSR count). The molecule has 0 saturated carbocycles. The van der Waals surface area contributed by atoms with E-state index in [-0.39, 0.29) is 24.0 Å². The van der Waals surface area contributed by atoms with Gasteiger partial charge in [-0.05, 0) is 61.4 Å². The number of ether oxygens (including phenoxy) is 2. The Morgan fingerprint density at radius 3 is 2.85 bits per heavy atom. The van der Waals surface area contributed by atoms with Gasteiger partial charge in [0, 0.05) is 26.2 Å². The summed E-state index contributed by atoms with van der Waals surface area (Å²) in [5, 5.41) is 7.71. The molecule has 1 aromatic rings. The fraction of sp³-hybridized carbons (Fsp3) is 0.737. The highest BCUT2D eigenvalue weighted by Gasteiger charge is 2.23. The van der Waals surface area contributed by atoms with E-state index < -0.39 is 0 Å². The smallest absolute Gasteiger partial charge is 0.194 e. The first-order valence-electron chi connectivity index (χ1n) is 9.62. The third-order valence-corrected chi connectivity index (χ3v) is 5.59. The van der Waals surface area contributed by atoms with Gasteiger partial charge in [-0.1, -0.05) is 0 Å². The molecule has 1 atom stereocenters. The van der Waals surface area contributed by atoms with E-state index in [0.717, 1.165) is 64.6 Å². The summed E-state index contributed by atoms with van der Waals surface area (Å²) in [6.07, 6.45) is 6.44. The van der Waals surface area contributed by atoms with Crippen molar-refractivity contribution in [2.45, 2.75) is 57.8 Å². The van der Waals surface area contributed by atoms with Crippen molar-refractivity contribution in [3.8, 4) is 0 Å². The summed E-state index contributed by atoms with van der Waals surface area (Å²) in [6.45, 7) is 7.45. The Morgan fingerprint density at radius 1 is 1.35 bits per heavy atom. The van der Waals surface area contributed by atoms with Gasteiger partial charge in [-0.25, -0.2) is 4.99 Å². The molecule has 2 aliphatic heterocycles. The minimum Gasteiger partial charge on any atom is -0.376 e. The molecular formula is C19H32IN3O2S. The van der Waals surface area contributed by atoms with Gasteiger partial charge in [0.15, 0.2) is 5.96 Å². The van der Waals surface area contributed by atoms with Crippen molar-refractivity contribution >= 4 is 41.3 Å². The zero-order valence-corrected chi connectivity index (χ0v) is 18.8. The Bertz CT molecular complexity index is 513. The standard InChI is InChI=1S/C19H31N3O2S.HI/c1-2-20-19(21-13-16-8-12-25-15-16)22-9-6-17(7-10-22)24-14-18-5-3-4-11-23-18;/h8,12,15,17-18H,2-7,9-11,13-14H2,1H3,(H,20,21);1H. The molecule has 2 saturated heterocycles. The number of guanidine groups is 1. The molecule has 1 unspecified atom stereocenters. The molecule has 3 heterocycles. The Kier molecular flexibility index (Phi) is 10.2. The molecule has 7 heteroatoms. The van der Waals surface area contributed by atoms with E-state index in [0.29, 0.717) is 12.2 Å². The van der Waals surface area contributed by atoms with Gasteiger partial charge in [0.1, 0.15) is 0 Å². The maximum Gasteiger partial charge on any atom is 0.194 e. The first kappa shape index (κ1) is 21.9. The molecule has 0 spiro atoms. The number of likely N-dealkylation sites (tertiary alicyclic amines) is 1. The summed E-state index contributed by atoms with van der Waals surface area (Å²) in [6, 6.07) is 2.14. The van der Waals surface area contributed by atoms with Crippen LogP contribution in [-0.2, 0) is 16.0 Å². The monoisotopic (exact) mass is 493 g/mol. The van der Waals surface area contributed by atoms with Crippen molar-refractivity contribution in [2.75, 3.05) is 32.8 Å². The lowest BCUT2D eigenvalue weighted by atomic mass is 10.1. The van der Waals surface area contributed by atoms with Crippen LogP contribution in [0.25, 0.3) is 0 Å². The van der Waals surface area contributed by atoms with Gasteiger partial charge in [-0.3, -0.25) is 0 Å². The second-order valence-electron chi connectivity index (χ2n) is 6.81. The lowest BCUT2D eigenvalue weighted by Crippen LogP contribution is -2.47. The Labute approximate surface area is 178 Å². The van der Waals surface area contributed by atoms with Gasteiger partial charge >= 0.3 is 0 Å². The quantitative estimate of drug-likeness (QED) is 0.371. The van der Waals surface area contributed by atoms with Crippen molar-refractivity contribution in [1.82, 2.24) is 10.2 Å². The molecule has 0 aromatic carbocycles.